The van der Waals surface area contributed by atoms with Gasteiger partial charge in [-0.15, -0.1) is 0 Å². The van der Waals surface area contributed by atoms with Crippen LogP contribution in [0.2, 0.25) is 5.02 Å². The van der Waals surface area contributed by atoms with Gasteiger partial charge in [0, 0.05) is 10.9 Å². The number of hydrogen-bond acceptors (Lipinski definition) is 4. The molecule has 2 aromatic rings. The van der Waals surface area contributed by atoms with E-state index in [2.05, 4.69) is 11.4 Å². The Morgan fingerprint density at radius 2 is 1.89 bits per heavy atom. The molecule has 0 saturated carbocycles. The summed E-state index contributed by atoms with van der Waals surface area (Å²) in [7, 11) is 0. The third-order valence-corrected chi connectivity index (χ3v) is 4.98. The smallest absolute Gasteiger partial charge is 0.336 e. The number of rotatable bonds is 4. The molecule has 0 bridgehead atoms. The molecule has 0 fully saturated rings. The minimum absolute atomic E-state index is 0.236. The monoisotopic (exact) mass is 396 g/mol. The lowest BCUT2D eigenvalue weighted by Gasteiger charge is -2.33. The van der Waals surface area contributed by atoms with E-state index in [0.717, 1.165) is 11.1 Å². The fourth-order valence-electron chi connectivity index (χ4n) is 3.17. The molecule has 0 aromatic heterocycles. The Morgan fingerprint density at radius 1 is 1.22 bits per heavy atom. The van der Waals surface area contributed by atoms with E-state index in [1.165, 1.54) is 0 Å². The molecule has 0 aliphatic carbocycles. The highest BCUT2D eigenvalue weighted by Crippen LogP contribution is 2.40. The maximum absolute atomic E-state index is 12.9. The molecule has 6 heteroatoms. The molecular weight excluding hydrogens is 380 g/mol. The number of ether oxygens (including phenoxy) is 1. The van der Waals surface area contributed by atoms with E-state index in [4.69, 9.17) is 28.6 Å². The molecule has 2 atom stereocenters. The Bertz CT molecular complexity index is 933. The third-order valence-electron chi connectivity index (χ3n) is 4.37. The van der Waals surface area contributed by atoms with E-state index in [0.29, 0.717) is 21.3 Å². The Labute approximate surface area is 168 Å². The standard InChI is InChI=1S/C21H17ClN2O2S/c1-2-26-21(25)18-17(13-8-10-15(22)11-9-13)16(12-23)20(27)24-19(18)14-6-4-3-5-7-14/h3-11,16-17H,2H2,1H3,(H,24,27). The maximum atomic E-state index is 12.9. The molecule has 4 nitrogen and oxygen atoms in total. The van der Waals surface area contributed by atoms with Crippen LogP contribution >= 0.6 is 23.8 Å². The van der Waals surface area contributed by atoms with Crippen LogP contribution in [0.4, 0.5) is 0 Å². The van der Waals surface area contributed by atoms with Gasteiger partial charge in [0.05, 0.1) is 28.9 Å². The van der Waals surface area contributed by atoms with Crippen molar-refractivity contribution in [2.24, 2.45) is 5.92 Å². The van der Waals surface area contributed by atoms with Crippen molar-refractivity contribution in [3.8, 4) is 6.07 Å². The lowest BCUT2D eigenvalue weighted by molar-refractivity contribution is -0.138. The molecule has 2 unspecified atom stereocenters. The summed E-state index contributed by atoms with van der Waals surface area (Å²) in [5.41, 5.74) is 2.56. The van der Waals surface area contributed by atoms with Gasteiger partial charge in [0.1, 0.15) is 5.92 Å². The van der Waals surface area contributed by atoms with E-state index in [-0.39, 0.29) is 6.61 Å². The molecule has 1 aliphatic rings. The first-order chi connectivity index (χ1) is 13.1. The van der Waals surface area contributed by atoms with Crippen LogP contribution in [0.3, 0.4) is 0 Å². The molecule has 3 rings (SSSR count). The van der Waals surface area contributed by atoms with E-state index in [9.17, 15) is 10.1 Å². The molecular formula is C21H17ClN2O2S. The minimum Gasteiger partial charge on any atom is -0.463 e. The quantitative estimate of drug-likeness (QED) is 0.610. The van der Waals surface area contributed by atoms with Gasteiger partial charge in [0.2, 0.25) is 0 Å². The number of carbonyl (C=O) groups is 1. The molecule has 1 N–H and O–H groups in total. The predicted molar refractivity (Wildman–Crippen MR) is 109 cm³/mol. The molecule has 0 saturated heterocycles. The summed E-state index contributed by atoms with van der Waals surface area (Å²) in [6.07, 6.45) is 0. The van der Waals surface area contributed by atoms with Crippen molar-refractivity contribution in [3.05, 3.63) is 76.3 Å². The highest BCUT2D eigenvalue weighted by Gasteiger charge is 2.40. The first-order valence-electron chi connectivity index (χ1n) is 8.49. The Balaban J connectivity index is 2.26. The lowest BCUT2D eigenvalue weighted by Crippen LogP contribution is -2.40. The fourth-order valence-corrected chi connectivity index (χ4v) is 3.59. The van der Waals surface area contributed by atoms with Gasteiger partial charge in [-0.3, -0.25) is 0 Å². The second-order valence-electron chi connectivity index (χ2n) is 6.00. The van der Waals surface area contributed by atoms with Crippen molar-refractivity contribution in [2.75, 3.05) is 6.61 Å². The van der Waals surface area contributed by atoms with Crippen LogP contribution in [0.25, 0.3) is 5.70 Å². The van der Waals surface area contributed by atoms with Gasteiger partial charge in [-0.2, -0.15) is 5.26 Å². The van der Waals surface area contributed by atoms with Crippen LogP contribution in [0.1, 0.15) is 24.0 Å². The highest BCUT2D eigenvalue weighted by atomic mass is 35.5. The van der Waals surface area contributed by atoms with Gasteiger partial charge >= 0.3 is 5.97 Å². The van der Waals surface area contributed by atoms with Crippen LogP contribution in [-0.2, 0) is 9.53 Å². The zero-order valence-electron chi connectivity index (χ0n) is 14.6. The molecule has 0 amide bonds. The summed E-state index contributed by atoms with van der Waals surface area (Å²) in [5, 5.41) is 13.4. The molecule has 0 spiro atoms. The van der Waals surface area contributed by atoms with Gasteiger partial charge in [-0.05, 0) is 30.2 Å². The Hall–Kier alpha value is -2.68. The highest BCUT2D eigenvalue weighted by molar-refractivity contribution is 7.80. The molecule has 1 heterocycles. The minimum atomic E-state index is -0.687. The van der Waals surface area contributed by atoms with Crippen molar-refractivity contribution in [1.29, 1.82) is 5.26 Å². The summed E-state index contributed by atoms with van der Waals surface area (Å²) in [6, 6.07) is 18.8. The van der Waals surface area contributed by atoms with Crippen molar-refractivity contribution in [3.63, 3.8) is 0 Å². The van der Waals surface area contributed by atoms with Crippen molar-refractivity contribution < 1.29 is 9.53 Å². The number of hydrogen-bond donors (Lipinski definition) is 1. The van der Waals surface area contributed by atoms with Crippen LogP contribution in [0.5, 0.6) is 0 Å². The predicted octanol–water partition coefficient (Wildman–Crippen LogP) is 4.47. The lowest BCUT2D eigenvalue weighted by atomic mass is 9.76. The number of nitrogens with zero attached hydrogens (tertiary/aromatic N) is 1. The van der Waals surface area contributed by atoms with Gasteiger partial charge in [-0.25, -0.2) is 4.79 Å². The van der Waals surface area contributed by atoms with Crippen LogP contribution in [-0.4, -0.2) is 17.6 Å². The third kappa shape index (κ3) is 3.87. The number of nitrogens with one attached hydrogen (secondary N) is 1. The first-order valence-corrected chi connectivity index (χ1v) is 9.28. The van der Waals surface area contributed by atoms with Crippen molar-refractivity contribution >= 4 is 40.5 Å². The number of thiocarbonyl (C=S) groups is 1. The van der Waals surface area contributed by atoms with Crippen LogP contribution in [0, 0.1) is 17.2 Å². The number of carbonyl (C=O) groups excluding carboxylic acids is 1. The van der Waals surface area contributed by atoms with Gasteiger partial charge < -0.3 is 10.1 Å². The van der Waals surface area contributed by atoms with E-state index in [1.54, 1.807) is 19.1 Å². The van der Waals surface area contributed by atoms with Gasteiger partial charge in [-0.1, -0.05) is 66.3 Å². The van der Waals surface area contributed by atoms with E-state index < -0.39 is 17.8 Å². The largest absolute Gasteiger partial charge is 0.463 e. The fraction of sp³-hybridized carbons (Fsp3) is 0.190. The Morgan fingerprint density at radius 3 is 2.48 bits per heavy atom. The van der Waals surface area contributed by atoms with Crippen molar-refractivity contribution in [2.45, 2.75) is 12.8 Å². The summed E-state index contributed by atoms with van der Waals surface area (Å²) in [5.74, 6) is -1.70. The van der Waals surface area contributed by atoms with Crippen LogP contribution < -0.4 is 5.32 Å². The second kappa shape index (κ2) is 8.34. The zero-order valence-corrected chi connectivity index (χ0v) is 16.2. The number of nitriles is 1. The Kier molecular flexibility index (Phi) is 5.90. The maximum Gasteiger partial charge on any atom is 0.336 e. The molecule has 27 heavy (non-hydrogen) atoms. The first kappa shape index (κ1) is 19.1. The topological polar surface area (TPSA) is 62.1 Å². The summed E-state index contributed by atoms with van der Waals surface area (Å²) >= 11 is 11.5. The summed E-state index contributed by atoms with van der Waals surface area (Å²) in [4.78, 5) is 13.3. The summed E-state index contributed by atoms with van der Waals surface area (Å²) < 4.78 is 5.32. The van der Waals surface area contributed by atoms with Crippen LogP contribution in [0.15, 0.2) is 60.2 Å². The molecule has 136 valence electrons. The van der Waals surface area contributed by atoms with Gasteiger partial charge in [0.15, 0.2) is 0 Å². The molecule has 2 aromatic carbocycles. The summed E-state index contributed by atoms with van der Waals surface area (Å²) in [6.45, 7) is 1.99. The van der Waals surface area contributed by atoms with Gasteiger partial charge in [0.25, 0.3) is 0 Å². The second-order valence-corrected chi connectivity index (χ2v) is 6.88. The molecule has 0 radical (unpaired) electrons. The normalized spacial score (nSPS) is 19.2. The molecule has 1 aliphatic heterocycles. The SMILES string of the molecule is CCOC(=O)C1=C(c2ccccc2)NC(=S)C(C#N)C1c1ccc(Cl)cc1. The van der Waals surface area contributed by atoms with Crippen molar-refractivity contribution in [1.82, 2.24) is 5.32 Å². The van der Waals surface area contributed by atoms with E-state index in [1.807, 2.05) is 42.5 Å². The number of benzene rings is 2. The number of esters is 1. The average Bonchev–Trinajstić information content (AvgIpc) is 2.68. The van der Waals surface area contributed by atoms with E-state index >= 15 is 0 Å². The zero-order chi connectivity index (χ0) is 19.4. The average molecular weight is 397 g/mol. The number of halogens is 1.